The van der Waals surface area contributed by atoms with Crippen LogP contribution in [0.25, 0.3) is 11.6 Å². The molecule has 2 rings (SSSR count). The van der Waals surface area contributed by atoms with Crippen LogP contribution in [-0.2, 0) is 14.3 Å². The van der Waals surface area contributed by atoms with Gasteiger partial charge in [-0.15, -0.1) is 0 Å². The lowest BCUT2D eigenvalue weighted by molar-refractivity contribution is -0.130. The van der Waals surface area contributed by atoms with Gasteiger partial charge in [-0.3, -0.25) is 14.8 Å². The van der Waals surface area contributed by atoms with Gasteiger partial charge in [0.1, 0.15) is 0 Å². The minimum absolute atomic E-state index is 0.00168. The van der Waals surface area contributed by atoms with E-state index in [2.05, 4.69) is 68.1 Å². The second kappa shape index (κ2) is 17.1. The summed E-state index contributed by atoms with van der Waals surface area (Å²) in [5.41, 5.74) is 7.52. The molecule has 0 aromatic carbocycles. The normalized spacial score (nSPS) is 19.5. The fourth-order valence-electron chi connectivity index (χ4n) is 4.81. The number of allylic oxidation sites excluding steroid dienone is 3. The van der Waals surface area contributed by atoms with Crippen molar-refractivity contribution in [2.45, 2.75) is 54.4 Å². The number of rotatable bonds is 15. The molecule has 0 saturated heterocycles. The summed E-state index contributed by atoms with van der Waals surface area (Å²) in [5.74, 6) is 0.372. The molecule has 0 saturated carbocycles. The fourth-order valence-corrected chi connectivity index (χ4v) is 4.81. The Bertz CT molecular complexity index is 1270. The third kappa shape index (κ3) is 10.1. The van der Waals surface area contributed by atoms with E-state index in [0.717, 1.165) is 44.7 Å². The van der Waals surface area contributed by atoms with Crippen molar-refractivity contribution >= 4 is 29.0 Å². The molecule has 0 spiro atoms. The summed E-state index contributed by atoms with van der Waals surface area (Å²) < 4.78 is 10.8. The van der Waals surface area contributed by atoms with Crippen LogP contribution in [0.15, 0.2) is 39.1 Å². The minimum Gasteiger partial charge on any atom is -0.394 e. The molecule has 3 N–H and O–H groups in total. The number of amides is 1. The number of H-pyrrole nitrogens is 1. The van der Waals surface area contributed by atoms with E-state index >= 15 is 0 Å². The Labute approximate surface area is 245 Å². The molecule has 1 amide bonds. The van der Waals surface area contributed by atoms with Gasteiger partial charge in [0.2, 0.25) is 5.91 Å². The number of likely N-dealkylation sites (N-methyl/N-ethyl adjacent to an activating group) is 2. The summed E-state index contributed by atoms with van der Waals surface area (Å²) in [4.78, 5) is 27.8. The molecule has 2 atom stereocenters. The van der Waals surface area contributed by atoms with E-state index in [4.69, 9.17) is 19.6 Å². The molecule has 9 heteroatoms. The van der Waals surface area contributed by atoms with Crippen LogP contribution in [0.2, 0.25) is 0 Å². The quantitative estimate of drug-likeness (QED) is 0.222. The first-order valence-electron chi connectivity index (χ1n) is 14.5. The summed E-state index contributed by atoms with van der Waals surface area (Å²) in [6.45, 7) is 14.7. The Morgan fingerprint density at radius 2 is 1.85 bits per heavy atom. The zero-order valence-electron chi connectivity index (χ0n) is 26.6. The molecular weight excluding hydrogens is 518 g/mol. The molecule has 0 unspecified atom stereocenters. The molecule has 1 aliphatic heterocycles. The topological polar surface area (TPSA) is 112 Å². The highest BCUT2D eigenvalue weighted by atomic mass is 16.5. The Hall–Kier alpha value is -3.01. The number of aromatic amines is 1. The van der Waals surface area contributed by atoms with Gasteiger partial charge in [-0.1, -0.05) is 12.5 Å². The van der Waals surface area contributed by atoms with Crippen molar-refractivity contribution in [2.75, 3.05) is 60.7 Å². The average molecular weight is 570 g/mol. The number of aromatic nitrogens is 1. The number of nitrogens with zero attached hydrogens (tertiary/aromatic N) is 3. The molecule has 0 radical (unpaired) electrons. The lowest BCUT2D eigenvalue weighted by Gasteiger charge is -2.21. The number of carbonyl (C=O) groups excluding carboxylic acids is 1. The van der Waals surface area contributed by atoms with E-state index in [-0.39, 0.29) is 24.3 Å². The van der Waals surface area contributed by atoms with Gasteiger partial charge in [-0.2, -0.15) is 0 Å². The second-order valence-corrected chi connectivity index (χ2v) is 10.8. The number of carbonyl (C=O) groups is 1. The maximum absolute atomic E-state index is 13.0. The molecule has 2 heterocycles. The highest BCUT2D eigenvalue weighted by Gasteiger charge is 2.33. The number of aliphatic hydroxyl groups is 1. The van der Waals surface area contributed by atoms with E-state index in [1.807, 2.05) is 21.0 Å². The summed E-state index contributed by atoms with van der Waals surface area (Å²) in [6, 6.07) is 2.17. The Kier molecular flexibility index (Phi) is 14.2. The van der Waals surface area contributed by atoms with Crippen molar-refractivity contribution in [2.24, 2.45) is 21.8 Å². The molecule has 1 aromatic rings. The number of nitrogens with one attached hydrogen (secondary N) is 2. The van der Waals surface area contributed by atoms with Crippen molar-refractivity contribution in [1.82, 2.24) is 15.2 Å². The van der Waals surface area contributed by atoms with E-state index in [1.54, 1.807) is 11.9 Å². The van der Waals surface area contributed by atoms with Crippen LogP contribution >= 0.6 is 0 Å². The number of aryl methyl sites for hydroxylation is 1. The van der Waals surface area contributed by atoms with Crippen LogP contribution < -0.4 is 16.0 Å². The van der Waals surface area contributed by atoms with Crippen LogP contribution in [0, 0.1) is 18.8 Å². The van der Waals surface area contributed by atoms with Crippen molar-refractivity contribution in [1.29, 1.82) is 0 Å². The van der Waals surface area contributed by atoms with E-state index in [0.29, 0.717) is 45.8 Å². The van der Waals surface area contributed by atoms with Gasteiger partial charge in [0.05, 0.1) is 33.0 Å². The number of aliphatic imine (C=N–C) groups is 2. The van der Waals surface area contributed by atoms with Crippen molar-refractivity contribution in [3.05, 3.63) is 45.4 Å². The zero-order chi connectivity index (χ0) is 30.5. The lowest BCUT2D eigenvalue weighted by Crippen LogP contribution is -2.31. The number of ether oxygens (including phenoxy) is 2. The molecule has 0 bridgehead atoms. The number of hydrogen-bond donors (Lipinski definition) is 3. The molecule has 0 fully saturated rings. The van der Waals surface area contributed by atoms with Crippen molar-refractivity contribution < 1.29 is 19.4 Å². The predicted octanol–water partition coefficient (Wildman–Crippen LogP) is 2.73. The highest BCUT2D eigenvalue weighted by Crippen LogP contribution is 2.37. The van der Waals surface area contributed by atoms with Gasteiger partial charge in [0.25, 0.3) is 0 Å². The standard InChI is InChI=1S/C32H51N5O4/c1-21(2)27(34-8)20-30-24(5)26(10-11-31(39)37(9)12-14-40-16-17-41-15-13-38)32(36-30)25(6)29-18-22(3)28(35-29)19-23(4)33-7/h18-20,24,26,34-35,38H,10-17H2,1-9H3/b28-19-,29-25-,30-20-,33-23+/t24-,26-/m0/s1. The van der Waals surface area contributed by atoms with Gasteiger partial charge in [-0.05, 0) is 70.4 Å². The molecule has 228 valence electrons. The monoisotopic (exact) mass is 569 g/mol. The van der Waals surface area contributed by atoms with Crippen molar-refractivity contribution in [3.63, 3.8) is 0 Å². The van der Waals surface area contributed by atoms with Crippen molar-refractivity contribution in [3.8, 4) is 0 Å². The first-order valence-corrected chi connectivity index (χ1v) is 14.5. The second-order valence-electron chi connectivity index (χ2n) is 10.8. The molecule has 0 aliphatic carbocycles. The molecule has 9 nitrogen and oxygen atoms in total. The molecular formula is C32H51N5O4. The SMILES string of the molecule is C/N=C(C)/C=c1\[nH]/c(=C(/C)C2=N/C(=C\C(NC)=C(C)C)[C@@H](C)[C@@H]2CCC(=O)N(C)CCOCCOCCO)cc1C. The first-order chi connectivity index (χ1) is 19.5. The maximum Gasteiger partial charge on any atom is 0.222 e. The van der Waals surface area contributed by atoms with E-state index in [9.17, 15) is 4.79 Å². The van der Waals surface area contributed by atoms with Crippen LogP contribution in [-0.4, -0.2) is 93.0 Å². The predicted molar refractivity (Wildman–Crippen MR) is 169 cm³/mol. The summed E-state index contributed by atoms with van der Waals surface area (Å²) in [5, 5.41) is 14.1. The van der Waals surface area contributed by atoms with Crippen LogP contribution in [0.5, 0.6) is 0 Å². The van der Waals surface area contributed by atoms with Gasteiger partial charge in [-0.25, -0.2) is 0 Å². The smallest absolute Gasteiger partial charge is 0.222 e. The van der Waals surface area contributed by atoms with E-state index < -0.39 is 0 Å². The van der Waals surface area contributed by atoms with Gasteiger partial charge in [0, 0.05) is 79.5 Å². The van der Waals surface area contributed by atoms with Gasteiger partial charge >= 0.3 is 0 Å². The number of hydrogen-bond acceptors (Lipinski definition) is 7. The Morgan fingerprint density at radius 3 is 2.46 bits per heavy atom. The first kappa shape index (κ1) is 34.2. The molecule has 41 heavy (non-hydrogen) atoms. The summed E-state index contributed by atoms with van der Waals surface area (Å²) >= 11 is 0. The lowest BCUT2D eigenvalue weighted by atomic mass is 9.84. The third-order valence-electron chi connectivity index (χ3n) is 7.59. The number of aliphatic hydroxyl groups excluding tert-OH is 1. The third-order valence-corrected chi connectivity index (χ3v) is 7.59. The minimum atomic E-state index is 0.00168. The molecule has 1 aromatic heterocycles. The average Bonchev–Trinajstić information content (AvgIpc) is 3.47. The fraction of sp³-hybridized carbons (Fsp3) is 0.594. The maximum atomic E-state index is 13.0. The highest BCUT2D eigenvalue weighted by molar-refractivity contribution is 6.20. The zero-order valence-corrected chi connectivity index (χ0v) is 26.6. The van der Waals surface area contributed by atoms with Crippen LogP contribution in [0.4, 0.5) is 0 Å². The Balaban J connectivity index is 2.28. The van der Waals surface area contributed by atoms with Gasteiger partial charge in [0.15, 0.2) is 0 Å². The Morgan fingerprint density at radius 1 is 1.17 bits per heavy atom. The summed E-state index contributed by atoms with van der Waals surface area (Å²) in [7, 11) is 5.54. The molecule has 1 aliphatic rings. The van der Waals surface area contributed by atoms with Crippen LogP contribution in [0.3, 0.4) is 0 Å². The largest absolute Gasteiger partial charge is 0.394 e. The van der Waals surface area contributed by atoms with E-state index in [1.165, 1.54) is 5.57 Å². The summed E-state index contributed by atoms with van der Waals surface area (Å²) in [6.07, 6.45) is 5.34. The van der Waals surface area contributed by atoms with Gasteiger partial charge < -0.3 is 29.8 Å². The van der Waals surface area contributed by atoms with Crippen LogP contribution in [0.1, 0.15) is 53.0 Å².